The van der Waals surface area contributed by atoms with Crippen LogP contribution in [0.5, 0.6) is 5.75 Å². The number of anilines is 1. The number of esters is 1. The van der Waals surface area contributed by atoms with Gasteiger partial charge in [-0.2, -0.15) is 0 Å². The van der Waals surface area contributed by atoms with Crippen molar-refractivity contribution < 1.29 is 24.0 Å². The Balaban J connectivity index is 1.94. The normalized spacial score (nSPS) is 17.0. The lowest BCUT2D eigenvalue weighted by Crippen LogP contribution is -2.30. The van der Waals surface area contributed by atoms with Crippen LogP contribution in [-0.2, 0) is 14.3 Å². The zero-order valence-corrected chi connectivity index (χ0v) is 14.1. The van der Waals surface area contributed by atoms with Crippen LogP contribution in [0.25, 0.3) is 0 Å². The van der Waals surface area contributed by atoms with Gasteiger partial charge in [0.05, 0.1) is 30.2 Å². The Kier molecular flexibility index (Phi) is 6.10. The predicted octanol–water partition coefficient (Wildman–Crippen LogP) is 2.83. The number of benzene rings is 1. The van der Waals surface area contributed by atoms with E-state index in [1.165, 1.54) is 32.2 Å². The molecule has 0 fully saturated rings. The van der Waals surface area contributed by atoms with E-state index in [0.717, 1.165) is 12.8 Å². The maximum absolute atomic E-state index is 12.2. The Morgan fingerprint density at radius 2 is 2.20 bits per heavy atom. The topological polar surface area (TPSA) is 108 Å². The SMILES string of the molecule is COc1cc([N+](=O)[O-])ccc1NC(=O)[C@H](C)OC(=O)C[C@@H]1C=CCC1. The lowest BCUT2D eigenvalue weighted by Gasteiger charge is -2.16. The quantitative estimate of drug-likeness (QED) is 0.351. The summed E-state index contributed by atoms with van der Waals surface area (Å²) in [5.74, 6) is -0.660. The summed E-state index contributed by atoms with van der Waals surface area (Å²) in [6.45, 7) is 1.47. The summed E-state index contributed by atoms with van der Waals surface area (Å²) in [5, 5.41) is 13.3. The van der Waals surface area contributed by atoms with Gasteiger partial charge in [-0.1, -0.05) is 12.2 Å². The molecule has 0 radical (unpaired) electrons. The number of methoxy groups -OCH3 is 1. The van der Waals surface area contributed by atoms with Crippen molar-refractivity contribution in [1.29, 1.82) is 0 Å². The Morgan fingerprint density at radius 3 is 2.80 bits per heavy atom. The molecular formula is C17H20N2O6. The van der Waals surface area contributed by atoms with E-state index in [2.05, 4.69) is 5.32 Å². The molecule has 0 aromatic heterocycles. The highest BCUT2D eigenvalue weighted by Gasteiger charge is 2.22. The zero-order chi connectivity index (χ0) is 18.4. The highest BCUT2D eigenvalue weighted by atomic mass is 16.6. The van der Waals surface area contributed by atoms with Crippen LogP contribution in [0.15, 0.2) is 30.4 Å². The molecule has 25 heavy (non-hydrogen) atoms. The second-order valence-electron chi connectivity index (χ2n) is 5.73. The van der Waals surface area contributed by atoms with Gasteiger partial charge in [-0.3, -0.25) is 19.7 Å². The molecule has 1 aromatic rings. The van der Waals surface area contributed by atoms with Gasteiger partial charge < -0.3 is 14.8 Å². The van der Waals surface area contributed by atoms with E-state index in [4.69, 9.17) is 9.47 Å². The Labute approximate surface area is 145 Å². The van der Waals surface area contributed by atoms with E-state index >= 15 is 0 Å². The number of carbonyl (C=O) groups is 2. The number of hydrogen-bond acceptors (Lipinski definition) is 6. The first-order valence-electron chi connectivity index (χ1n) is 7.90. The number of hydrogen-bond donors (Lipinski definition) is 1. The lowest BCUT2D eigenvalue weighted by atomic mass is 10.1. The number of rotatable bonds is 7. The Morgan fingerprint density at radius 1 is 1.44 bits per heavy atom. The number of nitrogens with one attached hydrogen (secondary N) is 1. The van der Waals surface area contributed by atoms with Gasteiger partial charge in [-0.15, -0.1) is 0 Å². The van der Waals surface area contributed by atoms with Gasteiger partial charge >= 0.3 is 5.97 Å². The van der Waals surface area contributed by atoms with Crippen molar-refractivity contribution in [3.8, 4) is 5.75 Å². The molecule has 1 N–H and O–H groups in total. The molecule has 2 atom stereocenters. The van der Waals surface area contributed by atoms with Crippen LogP contribution in [0.1, 0.15) is 26.2 Å². The average molecular weight is 348 g/mol. The van der Waals surface area contributed by atoms with Crippen molar-refractivity contribution >= 4 is 23.3 Å². The molecular weight excluding hydrogens is 328 g/mol. The van der Waals surface area contributed by atoms with E-state index in [0.29, 0.717) is 0 Å². The number of allylic oxidation sites excluding steroid dienone is 2. The molecule has 134 valence electrons. The van der Waals surface area contributed by atoms with Gasteiger partial charge in [0, 0.05) is 6.07 Å². The first-order chi connectivity index (χ1) is 11.9. The van der Waals surface area contributed by atoms with Crippen LogP contribution < -0.4 is 10.1 Å². The first-order valence-corrected chi connectivity index (χ1v) is 7.90. The molecule has 8 nitrogen and oxygen atoms in total. The smallest absolute Gasteiger partial charge is 0.307 e. The number of ether oxygens (including phenoxy) is 2. The molecule has 0 saturated carbocycles. The monoisotopic (exact) mass is 348 g/mol. The summed E-state index contributed by atoms with van der Waals surface area (Å²) in [6, 6.07) is 3.83. The molecule has 0 unspecified atom stereocenters. The molecule has 1 aliphatic carbocycles. The van der Waals surface area contributed by atoms with Crippen molar-refractivity contribution in [2.75, 3.05) is 12.4 Å². The molecule has 1 amide bonds. The van der Waals surface area contributed by atoms with E-state index in [-0.39, 0.29) is 29.5 Å². The number of non-ortho nitro benzene ring substituents is 1. The van der Waals surface area contributed by atoms with Crippen LogP contribution in [0.2, 0.25) is 0 Å². The zero-order valence-electron chi connectivity index (χ0n) is 14.1. The van der Waals surface area contributed by atoms with Crippen molar-refractivity contribution in [2.24, 2.45) is 5.92 Å². The summed E-state index contributed by atoms with van der Waals surface area (Å²) in [6.07, 6.45) is 5.12. The molecule has 8 heteroatoms. The van der Waals surface area contributed by atoms with Crippen molar-refractivity contribution in [1.82, 2.24) is 0 Å². The summed E-state index contributed by atoms with van der Waals surface area (Å²) < 4.78 is 10.2. The third-order valence-corrected chi connectivity index (χ3v) is 3.87. The third kappa shape index (κ3) is 5.03. The first kappa shape index (κ1) is 18.4. The number of carbonyl (C=O) groups excluding carboxylic acids is 2. The molecule has 0 aliphatic heterocycles. The van der Waals surface area contributed by atoms with Gasteiger partial charge in [-0.25, -0.2) is 0 Å². The minimum Gasteiger partial charge on any atom is -0.494 e. The molecule has 1 aromatic carbocycles. The van der Waals surface area contributed by atoms with E-state index in [9.17, 15) is 19.7 Å². The molecule has 0 heterocycles. The Bertz CT molecular complexity index is 700. The van der Waals surface area contributed by atoms with Gasteiger partial charge in [0.15, 0.2) is 6.10 Å². The fourth-order valence-electron chi connectivity index (χ4n) is 2.51. The summed E-state index contributed by atoms with van der Waals surface area (Å²) in [5.41, 5.74) is 0.110. The standard InChI is InChI=1S/C17H20N2O6/c1-11(25-16(20)9-12-5-3-4-6-12)17(21)18-14-8-7-13(19(22)23)10-15(14)24-2/h3,5,7-8,10-12H,4,6,9H2,1-2H3,(H,18,21)/t11-,12+/m0/s1. The molecule has 2 rings (SSSR count). The Hall–Kier alpha value is -2.90. The minimum absolute atomic E-state index is 0.150. The summed E-state index contributed by atoms with van der Waals surface area (Å²) >= 11 is 0. The van der Waals surface area contributed by atoms with Crippen molar-refractivity contribution in [3.63, 3.8) is 0 Å². The van der Waals surface area contributed by atoms with Crippen LogP contribution in [0.4, 0.5) is 11.4 Å². The van der Waals surface area contributed by atoms with Gasteiger partial charge in [0.25, 0.3) is 11.6 Å². The van der Waals surface area contributed by atoms with Crippen LogP contribution in [0.3, 0.4) is 0 Å². The van der Waals surface area contributed by atoms with Gasteiger partial charge in [-0.05, 0) is 31.7 Å². The highest BCUT2D eigenvalue weighted by Crippen LogP contribution is 2.29. The molecule has 0 bridgehead atoms. The molecule has 0 spiro atoms. The third-order valence-electron chi connectivity index (χ3n) is 3.87. The van der Waals surface area contributed by atoms with E-state index < -0.39 is 22.9 Å². The minimum atomic E-state index is -0.988. The van der Waals surface area contributed by atoms with E-state index in [1.54, 1.807) is 0 Å². The summed E-state index contributed by atoms with van der Waals surface area (Å²) in [7, 11) is 1.34. The maximum Gasteiger partial charge on any atom is 0.307 e. The number of nitro groups is 1. The van der Waals surface area contributed by atoms with Crippen LogP contribution >= 0.6 is 0 Å². The van der Waals surface area contributed by atoms with Crippen molar-refractivity contribution in [2.45, 2.75) is 32.3 Å². The van der Waals surface area contributed by atoms with Gasteiger partial charge in [0.1, 0.15) is 5.75 Å². The average Bonchev–Trinajstić information content (AvgIpc) is 3.07. The lowest BCUT2D eigenvalue weighted by molar-refractivity contribution is -0.384. The van der Waals surface area contributed by atoms with Crippen LogP contribution in [0, 0.1) is 16.0 Å². The van der Waals surface area contributed by atoms with Crippen molar-refractivity contribution in [3.05, 3.63) is 40.5 Å². The molecule has 1 aliphatic rings. The van der Waals surface area contributed by atoms with Gasteiger partial charge in [0.2, 0.25) is 0 Å². The maximum atomic E-state index is 12.2. The van der Waals surface area contributed by atoms with Crippen LogP contribution in [-0.4, -0.2) is 30.0 Å². The fraction of sp³-hybridized carbons (Fsp3) is 0.412. The second-order valence-corrected chi connectivity index (χ2v) is 5.73. The number of nitrogens with zero attached hydrogens (tertiary/aromatic N) is 1. The molecule has 0 saturated heterocycles. The second kappa shape index (κ2) is 8.27. The highest BCUT2D eigenvalue weighted by molar-refractivity contribution is 5.96. The predicted molar refractivity (Wildman–Crippen MR) is 90.3 cm³/mol. The van der Waals surface area contributed by atoms with E-state index in [1.807, 2.05) is 12.2 Å². The number of nitro benzene ring substituents is 1. The number of amides is 1. The summed E-state index contributed by atoms with van der Waals surface area (Å²) in [4.78, 5) is 34.3. The fourth-order valence-corrected chi connectivity index (χ4v) is 2.51. The largest absolute Gasteiger partial charge is 0.494 e.